The molecule has 1 nitrogen and oxygen atoms in total. The van der Waals surface area contributed by atoms with E-state index in [0.717, 1.165) is 12.0 Å². The summed E-state index contributed by atoms with van der Waals surface area (Å²) in [7, 11) is 0. The number of rotatable bonds is 3. The van der Waals surface area contributed by atoms with Crippen LogP contribution in [0.15, 0.2) is 0 Å². The maximum atomic E-state index is 3.70. The Labute approximate surface area is 80.7 Å². The summed E-state index contributed by atoms with van der Waals surface area (Å²) in [6.07, 6.45) is 2.73. The normalized spacial score (nSPS) is 23.0. The topological polar surface area (TPSA) is 12.0 Å². The molecule has 0 aromatic rings. The highest BCUT2D eigenvalue weighted by Gasteiger charge is 2.16. The van der Waals surface area contributed by atoms with Crippen LogP contribution in [0.25, 0.3) is 0 Å². The van der Waals surface area contributed by atoms with Gasteiger partial charge in [-0.3, -0.25) is 0 Å². The molecular weight excluding hydrogens is 166 g/mol. The SMILES string of the molecule is CC(C)[C@H](C)NC1CCSCC1. The lowest BCUT2D eigenvalue weighted by atomic mass is 10.0. The molecule has 2 heteroatoms. The van der Waals surface area contributed by atoms with Crippen molar-refractivity contribution in [2.24, 2.45) is 5.92 Å². The summed E-state index contributed by atoms with van der Waals surface area (Å²) in [6, 6.07) is 1.47. The average Bonchev–Trinajstić information content (AvgIpc) is 2.06. The quantitative estimate of drug-likeness (QED) is 0.728. The average molecular weight is 187 g/mol. The van der Waals surface area contributed by atoms with Crippen molar-refractivity contribution >= 4 is 11.8 Å². The summed E-state index contributed by atoms with van der Waals surface area (Å²) >= 11 is 2.09. The van der Waals surface area contributed by atoms with Gasteiger partial charge in [0.05, 0.1) is 0 Å². The lowest BCUT2D eigenvalue weighted by Gasteiger charge is -2.28. The van der Waals surface area contributed by atoms with Crippen LogP contribution in [-0.4, -0.2) is 23.6 Å². The second kappa shape index (κ2) is 5.13. The third kappa shape index (κ3) is 3.36. The van der Waals surface area contributed by atoms with Crippen LogP contribution in [0.3, 0.4) is 0 Å². The summed E-state index contributed by atoms with van der Waals surface area (Å²) in [6.45, 7) is 6.87. The van der Waals surface area contributed by atoms with E-state index in [0.29, 0.717) is 6.04 Å². The van der Waals surface area contributed by atoms with Crippen molar-refractivity contribution in [3.8, 4) is 0 Å². The van der Waals surface area contributed by atoms with Crippen molar-refractivity contribution in [2.45, 2.75) is 45.7 Å². The van der Waals surface area contributed by atoms with E-state index in [1.807, 2.05) is 0 Å². The van der Waals surface area contributed by atoms with E-state index in [1.165, 1.54) is 24.3 Å². The predicted octanol–water partition coefficient (Wildman–Crippen LogP) is 2.52. The van der Waals surface area contributed by atoms with E-state index >= 15 is 0 Å². The first kappa shape index (κ1) is 10.4. The van der Waals surface area contributed by atoms with Gasteiger partial charge in [-0.25, -0.2) is 0 Å². The van der Waals surface area contributed by atoms with Crippen LogP contribution in [0.4, 0.5) is 0 Å². The first-order valence-corrected chi connectivity index (χ1v) is 6.19. The van der Waals surface area contributed by atoms with Gasteiger partial charge < -0.3 is 5.32 Å². The number of thioether (sulfide) groups is 1. The third-order valence-electron chi connectivity index (χ3n) is 2.72. The number of hydrogen-bond donors (Lipinski definition) is 1. The second-order valence-corrected chi connectivity index (χ2v) is 5.31. The molecule has 0 unspecified atom stereocenters. The van der Waals surface area contributed by atoms with Gasteiger partial charge in [0.2, 0.25) is 0 Å². The predicted molar refractivity (Wildman–Crippen MR) is 57.8 cm³/mol. The van der Waals surface area contributed by atoms with Gasteiger partial charge in [-0.2, -0.15) is 11.8 Å². The zero-order chi connectivity index (χ0) is 8.97. The Morgan fingerprint density at radius 1 is 1.17 bits per heavy atom. The van der Waals surface area contributed by atoms with Gasteiger partial charge >= 0.3 is 0 Å². The molecule has 0 amide bonds. The van der Waals surface area contributed by atoms with Crippen molar-refractivity contribution in [3.63, 3.8) is 0 Å². The third-order valence-corrected chi connectivity index (χ3v) is 3.77. The van der Waals surface area contributed by atoms with Crippen LogP contribution >= 0.6 is 11.8 Å². The fourth-order valence-electron chi connectivity index (χ4n) is 1.43. The van der Waals surface area contributed by atoms with Crippen LogP contribution < -0.4 is 5.32 Å². The Hall–Kier alpha value is 0.310. The summed E-state index contributed by atoms with van der Waals surface area (Å²) in [5.74, 6) is 3.46. The Morgan fingerprint density at radius 3 is 2.25 bits per heavy atom. The Morgan fingerprint density at radius 2 is 1.75 bits per heavy atom. The monoisotopic (exact) mass is 187 g/mol. The van der Waals surface area contributed by atoms with E-state index in [4.69, 9.17) is 0 Å². The highest BCUT2D eigenvalue weighted by molar-refractivity contribution is 7.99. The molecule has 1 heterocycles. The molecule has 12 heavy (non-hydrogen) atoms. The smallest absolute Gasteiger partial charge is 0.00853 e. The molecule has 72 valence electrons. The minimum absolute atomic E-state index is 0.679. The summed E-state index contributed by atoms with van der Waals surface area (Å²) < 4.78 is 0. The van der Waals surface area contributed by atoms with Gasteiger partial charge in [0.1, 0.15) is 0 Å². The molecular formula is C10H21NS. The molecule has 1 fully saturated rings. The van der Waals surface area contributed by atoms with E-state index < -0.39 is 0 Å². The molecule has 0 aromatic carbocycles. The fraction of sp³-hybridized carbons (Fsp3) is 1.00. The molecule has 1 N–H and O–H groups in total. The zero-order valence-corrected chi connectivity index (χ0v) is 9.29. The van der Waals surface area contributed by atoms with Gasteiger partial charge in [-0.15, -0.1) is 0 Å². The van der Waals surface area contributed by atoms with Gasteiger partial charge in [-0.1, -0.05) is 13.8 Å². The standard InChI is InChI=1S/C10H21NS/c1-8(2)9(3)11-10-4-6-12-7-5-10/h8-11H,4-7H2,1-3H3/t9-/m0/s1. The first-order chi connectivity index (χ1) is 5.70. The molecule has 1 saturated heterocycles. The highest BCUT2D eigenvalue weighted by Crippen LogP contribution is 2.18. The molecule has 0 spiro atoms. The lowest BCUT2D eigenvalue weighted by molar-refractivity contribution is 0.358. The molecule has 0 radical (unpaired) electrons. The van der Waals surface area contributed by atoms with Crippen molar-refractivity contribution < 1.29 is 0 Å². The fourth-order valence-corrected chi connectivity index (χ4v) is 2.53. The Bertz CT molecular complexity index is 119. The minimum Gasteiger partial charge on any atom is -0.311 e. The molecule has 0 aromatic heterocycles. The minimum atomic E-state index is 0.679. The van der Waals surface area contributed by atoms with Gasteiger partial charge in [0, 0.05) is 12.1 Å². The molecule has 0 saturated carbocycles. The van der Waals surface area contributed by atoms with Crippen LogP contribution in [0.5, 0.6) is 0 Å². The number of hydrogen-bond acceptors (Lipinski definition) is 2. The maximum absolute atomic E-state index is 3.70. The number of nitrogens with one attached hydrogen (secondary N) is 1. The van der Waals surface area contributed by atoms with Crippen LogP contribution in [0.1, 0.15) is 33.6 Å². The van der Waals surface area contributed by atoms with E-state index in [2.05, 4.69) is 37.8 Å². The van der Waals surface area contributed by atoms with Crippen LogP contribution in [-0.2, 0) is 0 Å². The Kier molecular flexibility index (Phi) is 4.44. The van der Waals surface area contributed by atoms with E-state index in [1.54, 1.807) is 0 Å². The molecule has 0 aliphatic carbocycles. The van der Waals surface area contributed by atoms with Crippen molar-refractivity contribution in [1.29, 1.82) is 0 Å². The largest absolute Gasteiger partial charge is 0.311 e. The van der Waals surface area contributed by atoms with E-state index in [-0.39, 0.29) is 0 Å². The first-order valence-electron chi connectivity index (χ1n) is 5.04. The van der Waals surface area contributed by atoms with Crippen LogP contribution in [0, 0.1) is 5.92 Å². The molecule has 0 bridgehead atoms. The molecule has 1 rings (SSSR count). The highest BCUT2D eigenvalue weighted by atomic mass is 32.2. The van der Waals surface area contributed by atoms with E-state index in [9.17, 15) is 0 Å². The second-order valence-electron chi connectivity index (χ2n) is 4.09. The van der Waals surface area contributed by atoms with Gasteiger partial charge in [0.15, 0.2) is 0 Å². The van der Waals surface area contributed by atoms with Gasteiger partial charge in [-0.05, 0) is 37.2 Å². The summed E-state index contributed by atoms with van der Waals surface area (Å²) in [4.78, 5) is 0. The van der Waals surface area contributed by atoms with Crippen LogP contribution in [0.2, 0.25) is 0 Å². The van der Waals surface area contributed by atoms with Crippen molar-refractivity contribution in [3.05, 3.63) is 0 Å². The summed E-state index contributed by atoms with van der Waals surface area (Å²) in [5.41, 5.74) is 0. The summed E-state index contributed by atoms with van der Waals surface area (Å²) in [5, 5.41) is 3.70. The molecule has 1 aliphatic rings. The van der Waals surface area contributed by atoms with Gasteiger partial charge in [0.25, 0.3) is 0 Å². The maximum Gasteiger partial charge on any atom is 0.00853 e. The van der Waals surface area contributed by atoms with Crippen molar-refractivity contribution in [2.75, 3.05) is 11.5 Å². The zero-order valence-electron chi connectivity index (χ0n) is 8.47. The van der Waals surface area contributed by atoms with Crippen molar-refractivity contribution in [1.82, 2.24) is 5.32 Å². The molecule has 1 aliphatic heterocycles. The Balaban J connectivity index is 2.20. The lowest BCUT2D eigenvalue weighted by Crippen LogP contribution is -2.41. The molecule has 1 atom stereocenters.